The predicted molar refractivity (Wildman–Crippen MR) is 158 cm³/mol. The first kappa shape index (κ1) is 28.0. The molecule has 0 fully saturated rings. The van der Waals surface area contributed by atoms with E-state index in [0.717, 1.165) is 21.0 Å². The number of hydrogen-bond donors (Lipinski definition) is 3. The van der Waals surface area contributed by atoms with Gasteiger partial charge in [0.05, 0.1) is 4.75 Å². The predicted octanol–water partition coefficient (Wildman–Crippen LogP) is 6.25. The van der Waals surface area contributed by atoms with Crippen molar-refractivity contribution in [3.05, 3.63) is 144 Å². The highest BCUT2D eigenvalue weighted by Crippen LogP contribution is 2.48. The molecule has 39 heavy (non-hydrogen) atoms. The van der Waals surface area contributed by atoms with Crippen LogP contribution in [0.2, 0.25) is 0 Å². The Kier molecular flexibility index (Phi) is 9.46. The molecule has 1 unspecified atom stereocenters. The number of nitrogens with one attached hydrogen (secondary N) is 1. The number of benzene rings is 4. The van der Waals surface area contributed by atoms with Gasteiger partial charge in [0, 0.05) is 5.56 Å². The number of carboxylic acids is 1. The van der Waals surface area contributed by atoms with Gasteiger partial charge >= 0.3 is 12.0 Å². The Morgan fingerprint density at radius 1 is 0.744 bits per heavy atom. The summed E-state index contributed by atoms with van der Waals surface area (Å²) in [5.41, 5.74) is 3.43. The fourth-order valence-electron chi connectivity index (χ4n) is 4.40. The second kappa shape index (κ2) is 13.2. The first-order valence-electron chi connectivity index (χ1n) is 12.4. The van der Waals surface area contributed by atoms with Crippen LogP contribution < -0.4 is 5.32 Å². The average molecular weight is 557 g/mol. The van der Waals surface area contributed by atoms with Gasteiger partial charge in [0.1, 0.15) is 6.04 Å². The third-order valence-corrected chi connectivity index (χ3v) is 8.34. The minimum atomic E-state index is -1.26. The van der Waals surface area contributed by atoms with Crippen LogP contribution in [0.1, 0.15) is 33.5 Å². The van der Waals surface area contributed by atoms with E-state index in [1.165, 1.54) is 0 Å². The van der Waals surface area contributed by atoms with Gasteiger partial charge in [0.25, 0.3) is 5.91 Å². The van der Waals surface area contributed by atoms with E-state index in [1.807, 2.05) is 54.6 Å². The van der Waals surface area contributed by atoms with Crippen molar-refractivity contribution >= 4 is 42.5 Å². The quantitative estimate of drug-likeness (QED) is 0.159. The molecule has 6 nitrogen and oxygen atoms in total. The molecule has 3 amide bonds. The van der Waals surface area contributed by atoms with Gasteiger partial charge in [-0.25, -0.2) is 9.59 Å². The van der Waals surface area contributed by atoms with Gasteiger partial charge in [-0.3, -0.25) is 14.4 Å². The zero-order chi connectivity index (χ0) is 27.7. The second-order valence-corrected chi connectivity index (χ2v) is 10.5. The number of carboxylic acid groups (broad SMARTS) is 1. The van der Waals surface area contributed by atoms with Gasteiger partial charge < -0.3 is 5.11 Å². The molecule has 4 aromatic rings. The summed E-state index contributed by atoms with van der Waals surface area (Å²) in [4.78, 5) is 37.4. The van der Waals surface area contributed by atoms with E-state index in [-0.39, 0.29) is 12.0 Å². The lowest BCUT2D eigenvalue weighted by Crippen LogP contribution is -2.46. The van der Waals surface area contributed by atoms with Crippen molar-refractivity contribution in [2.24, 2.45) is 0 Å². The van der Waals surface area contributed by atoms with Crippen LogP contribution in [0, 0.1) is 0 Å². The number of urea groups is 1. The van der Waals surface area contributed by atoms with E-state index in [2.05, 4.69) is 54.5 Å². The normalized spacial score (nSPS) is 11.8. The number of thioether (sulfide) groups is 1. The minimum absolute atomic E-state index is 0.102. The first-order chi connectivity index (χ1) is 18.9. The van der Waals surface area contributed by atoms with Gasteiger partial charge in [-0.1, -0.05) is 122 Å². The van der Waals surface area contributed by atoms with Gasteiger partial charge in [-0.15, -0.1) is 11.8 Å². The Bertz CT molecular complexity index is 1290. The molecular formula is C31H28N2O4S2. The zero-order valence-corrected chi connectivity index (χ0v) is 22.7. The summed E-state index contributed by atoms with van der Waals surface area (Å²) in [5.74, 6) is -1.46. The maximum Gasteiger partial charge on any atom is 0.334 e. The van der Waals surface area contributed by atoms with E-state index in [9.17, 15) is 19.5 Å². The maximum absolute atomic E-state index is 12.7. The number of aliphatic carboxylic acids is 1. The number of amides is 3. The van der Waals surface area contributed by atoms with Crippen LogP contribution in [0.5, 0.6) is 0 Å². The van der Waals surface area contributed by atoms with Gasteiger partial charge in [0.15, 0.2) is 0 Å². The number of carbonyl (C=O) groups is 3. The number of hydrogen-bond acceptors (Lipinski definition) is 5. The molecule has 0 bridgehead atoms. The van der Waals surface area contributed by atoms with E-state index in [0.29, 0.717) is 5.75 Å². The van der Waals surface area contributed by atoms with Crippen molar-refractivity contribution in [3.63, 3.8) is 0 Å². The smallest absolute Gasteiger partial charge is 0.334 e. The highest BCUT2D eigenvalue weighted by atomic mass is 32.2. The molecule has 4 rings (SSSR count). The Morgan fingerprint density at radius 2 is 1.15 bits per heavy atom. The van der Waals surface area contributed by atoms with Crippen molar-refractivity contribution in [1.82, 2.24) is 9.62 Å². The molecule has 0 aromatic heterocycles. The van der Waals surface area contributed by atoms with Crippen LogP contribution in [0.4, 0.5) is 4.79 Å². The molecule has 4 aromatic carbocycles. The van der Waals surface area contributed by atoms with Crippen molar-refractivity contribution in [3.8, 4) is 0 Å². The van der Waals surface area contributed by atoms with Crippen molar-refractivity contribution in [2.45, 2.75) is 17.2 Å². The van der Waals surface area contributed by atoms with Gasteiger partial charge in [0.2, 0.25) is 0 Å². The number of thiol groups is 1. The monoisotopic (exact) mass is 556 g/mol. The lowest BCUT2D eigenvalue weighted by atomic mass is 9.84. The third-order valence-electron chi connectivity index (χ3n) is 6.30. The highest BCUT2D eigenvalue weighted by Gasteiger charge is 2.38. The lowest BCUT2D eigenvalue weighted by molar-refractivity contribution is -0.140. The lowest BCUT2D eigenvalue weighted by Gasteiger charge is -2.36. The maximum atomic E-state index is 12.7. The van der Waals surface area contributed by atoms with E-state index in [1.54, 1.807) is 42.1 Å². The molecule has 0 saturated carbocycles. The second-order valence-electron chi connectivity index (χ2n) is 8.74. The standard InChI is InChI=1S/C31H28N2O4S2/c34-28(23-13-5-1-6-14-23)32-30(37)33(38)27(29(35)36)21-22-39-31(24-15-7-2-8-16-24,25-17-9-3-10-18-25)26-19-11-4-12-20-26/h1-20,27,38H,21-22H2,(H,35,36)(H,32,34,37). The molecule has 0 aliphatic carbocycles. The van der Waals surface area contributed by atoms with Crippen LogP contribution in [-0.2, 0) is 9.54 Å². The summed E-state index contributed by atoms with van der Waals surface area (Å²) < 4.78 is 0.152. The number of rotatable bonds is 10. The van der Waals surface area contributed by atoms with Crippen molar-refractivity contribution in [2.75, 3.05) is 5.75 Å². The Labute approximate surface area is 237 Å². The number of carbonyl (C=O) groups excluding carboxylic acids is 2. The van der Waals surface area contributed by atoms with E-state index in [4.69, 9.17) is 0 Å². The van der Waals surface area contributed by atoms with Gasteiger partial charge in [-0.05, 0) is 41.0 Å². The molecule has 198 valence electrons. The summed E-state index contributed by atoms with van der Waals surface area (Å²) in [6, 6.07) is 36.3. The molecule has 0 radical (unpaired) electrons. The molecule has 1 atom stereocenters. The SMILES string of the molecule is O=C(NC(=O)N(S)C(CCSC(c1ccccc1)(c1ccccc1)c1ccccc1)C(=O)O)c1ccccc1. The zero-order valence-electron chi connectivity index (χ0n) is 21.0. The number of imide groups is 1. The van der Waals surface area contributed by atoms with Crippen LogP contribution in [0.25, 0.3) is 0 Å². The van der Waals surface area contributed by atoms with Crippen molar-refractivity contribution < 1.29 is 19.5 Å². The van der Waals surface area contributed by atoms with E-state index >= 15 is 0 Å². The Balaban J connectivity index is 1.58. The minimum Gasteiger partial charge on any atom is -0.480 e. The van der Waals surface area contributed by atoms with E-state index < -0.39 is 28.7 Å². The Morgan fingerprint density at radius 3 is 1.56 bits per heavy atom. The van der Waals surface area contributed by atoms with Crippen LogP contribution in [0.3, 0.4) is 0 Å². The molecule has 2 N–H and O–H groups in total. The Hall–Kier alpha value is -4.01. The third kappa shape index (κ3) is 6.53. The largest absolute Gasteiger partial charge is 0.480 e. The summed E-state index contributed by atoms with van der Waals surface area (Å²) in [7, 11) is 0. The van der Waals surface area contributed by atoms with Crippen molar-refractivity contribution in [1.29, 1.82) is 0 Å². The van der Waals surface area contributed by atoms with Gasteiger partial charge in [-0.2, -0.15) is 0 Å². The summed E-state index contributed by atoms with van der Waals surface area (Å²) >= 11 is 5.77. The molecular weight excluding hydrogens is 528 g/mol. The summed E-state index contributed by atoms with van der Waals surface area (Å²) in [6.45, 7) is 0. The molecule has 0 heterocycles. The van der Waals surface area contributed by atoms with Crippen LogP contribution >= 0.6 is 24.6 Å². The molecule has 0 aliphatic heterocycles. The molecule has 8 heteroatoms. The van der Waals surface area contributed by atoms with Crippen LogP contribution in [0.15, 0.2) is 121 Å². The van der Waals surface area contributed by atoms with Crippen LogP contribution in [-0.4, -0.2) is 39.1 Å². The summed E-state index contributed by atoms with van der Waals surface area (Å²) in [6.07, 6.45) is 0.102. The highest BCUT2D eigenvalue weighted by molar-refractivity contribution is 8.00. The fourth-order valence-corrected chi connectivity index (χ4v) is 6.22. The summed E-state index contributed by atoms with van der Waals surface area (Å²) in [5, 5.41) is 12.2. The average Bonchev–Trinajstić information content (AvgIpc) is 2.98. The topological polar surface area (TPSA) is 86.7 Å². The number of nitrogens with zero attached hydrogens (tertiary/aromatic N) is 1. The molecule has 0 spiro atoms. The first-order valence-corrected chi connectivity index (χ1v) is 13.7. The molecule has 0 saturated heterocycles. The molecule has 0 aliphatic rings. The fraction of sp³-hybridized carbons (Fsp3) is 0.129.